The molecular weight excluding hydrogens is 300 g/mol. The van der Waals surface area contributed by atoms with Crippen molar-refractivity contribution in [2.45, 2.75) is 25.0 Å². The van der Waals surface area contributed by atoms with Gasteiger partial charge in [-0.15, -0.1) is 0 Å². The molecule has 3 rings (SSSR count). The Morgan fingerprint density at radius 1 is 1.04 bits per heavy atom. The highest BCUT2D eigenvalue weighted by Gasteiger charge is 2.18. The molecule has 2 aromatic carbocycles. The van der Waals surface area contributed by atoms with E-state index in [9.17, 15) is 4.79 Å². The standard InChI is InChI=1S/C20H24N2O2/c23-19(15-21-14-18-12-7-13-24-18)22-20(16-8-3-1-4-9-16)17-10-5-2-6-11-17/h1-6,8-11,18,20-21H,7,12-15H2,(H,22,23)/t18-/m1/s1. The summed E-state index contributed by atoms with van der Waals surface area (Å²) in [5.41, 5.74) is 2.16. The van der Waals surface area contributed by atoms with Gasteiger partial charge in [-0.1, -0.05) is 60.7 Å². The molecule has 4 nitrogen and oxygen atoms in total. The molecule has 0 aliphatic carbocycles. The first-order chi connectivity index (χ1) is 11.8. The van der Waals surface area contributed by atoms with Gasteiger partial charge in [-0.25, -0.2) is 0 Å². The molecule has 126 valence electrons. The predicted molar refractivity (Wildman–Crippen MR) is 94.7 cm³/mol. The van der Waals surface area contributed by atoms with Gasteiger partial charge in [0.25, 0.3) is 0 Å². The number of carbonyl (C=O) groups is 1. The SMILES string of the molecule is O=C(CNC[C@H]1CCCO1)NC(c1ccccc1)c1ccccc1. The van der Waals surface area contributed by atoms with Crippen LogP contribution in [0.1, 0.15) is 30.0 Å². The fourth-order valence-electron chi connectivity index (χ4n) is 3.01. The number of nitrogens with one attached hydrogen (secondary N) is 2. The van der Waals surface area contributed by atoms with Gasteiger partial charge in [0.2, 0.25) is 5.91 Å². The Balaban J connectivity index is 1.60. The van der Waals surface area contributed by atoms with Crippen LogP contribution in [0.3, 0.4) is 0 Å². The van der Waals surface area contributed by atoms with Crippen molar-refractivity contribution in [1.82, 2.24) is 10.6 Å². The van der Waals surface area contributed by atoms with Crippen LogP contribution in [0.4, 0.5) is 0 Å². The number of rotatable bonds is 7. The Morgan fingerprint density at radius 3 is 2.21 bits per heavy atom. The summed E-state index contributed by atoms with van der Waals surface area (Å²) in [6.07, 6.45) is 2.44. The van der Waals surface area contributed by atoms with E-state index in [0.717, 1.165) is 37.1 Å². The highest BCUT2D eigenvalue weighted by molar-refractivity contribution is 5.79. The molecule has 2 N–H and O–H groups in total. The van der Waals surface area contributed by atoms with E-state index in [1.54, 1.807) is 0 Å². The molecule has 2 aromatic rings. The molecule has 1 aliphatic heterocycles. The van der Waals surface area contributed by atoms with E-state index in [2.05, 4.69) is 10.6 Å². The molecule has 1 fully saturated rings. The van der Waals surface area contributed by atoms with Crippen LogP contribution in [0, 0.1) is 0 Å². The fourth-order valence-corrected chi connectivity index (χ4v) is 3.01. The van der Waals surface area contributed by atoms with E-state index in [1.165, 1.54) is 0 Å². The van der Waals surface area contributed by atoms with Crippen LogP contribution in [-0.4, -0.2) is 31.7 Å². The molecule has 0 bridgehead atoms. The van der Waals surface area contributed by atoms with Gasteiger partial charge in [0.1, 0.15) is 0 Å². The lowest BCUT2D eigenvalue weighted by Crippen LogP contribution is -2.39. The summed E-state index contributed by atoms with van der Waals surface area (Å²) in [5.74, 6) is -0.00861. The molecule has 0 saturated carbocycles. The zero-order valence-corrected chi connectivity index (χ0v) is 13.8. The van der Waals surface area contributed by atoms with Crippen molar-refractivity contribution in [2.24, 2.45) is 0 Å². The van der Waals surface area contributed by atoms with Crippen LogP contribution in [0.2, 0.25) is 0 Å². The van der Waals surface area contributed by atoms with E-state index in [4.69, 9.17) is 4.74 Å². The number of ether oxygens (including phenoxy) is 1. The van der Waals surface area contributed by atoms with Gasteiger partial charge in [0, 0.05) is 13.2 Å². The molecule has 1 aliphatic rings. The van der Waals surface area contributed by atoms with Gasteiger partial charge in [-0.3, -0.25) is 4.79 Å². The normalized spacial score (nSPS) is 17.1. The van der Waals surface area contributed by atoms with Crippen molar-refractivity contribution in [3.63, 3.8) is 0 Å². The van der Waals surface area contributed by atoms with Crippen molar-refractivity contribution < 1.29 is 9.53 Å². The highest BCUT2D eigenvalue weighted by Crippen LogP contribution is 2.21. The Bertz CT molecular complexity index is 585. The molecule has 1 atom stereocenters. The minimum atomic E-state index is -0.135. The van der Waals surface area contributed by atoms with Crippen LogP contribution in [0.15, 0.2) is 60.7 Å². The molecule has 0 aromatic heterocycles. The van der Waals surface area contributed by atoms with Crippen molar-refractivity contribution in [1.29, 1.82) is 0 Å². The molecule has 1 saturated heterocycles. The second-order valence-electron chi connectivity index (χ2n) is 6.09. The summed E-state index contributed by atoms with van der Waals surface area (Å²) in [6, 6.07) is 20.0. The number of benzene rings is 2. The average molecular weight is 324 g/mol. The van der Waals surface area contributed by atoms with Gasteiger partial charge in [0.05, 0.1) is 18.7 Å². The fraction of sp³-hybridized carbons (Fsp3) is 0.350. The van der Waals surface area contributed by atoms with Gasteiger partial charge in [0.15, 0.2) is 0 Å². The summed E-state index contributed by atoms with van der Waals surface area (Å²) in [7, 11) is 0. The smallest absolute Gasteiger partial charge is 0.234 e. The van der Waals surface area contributed by atoms with Gasteiger partial charge in [-0.2, -0.15) is 0 Å². The zero-order chi connectivity index (χ0) is 16.6. The minimum absolute atomic E-state index is 0.00861. The zero-order valence-electron chi connectivity index (χ0n) is 13.8. The maximum absolute atomic E-state index is 12.4. The molecule has 0 spiro atoms. The molecule has 0 unspecified atom stereocenters. The van der Waals surface area contributed by atoms with Gasteiger partial charge >= 0.3 is 0 Å². The summed E-state index contributed by atoms with van der Waals surface area (Å²) in [5, 5.41) is 6.33. The van der Waals surface area contributed by atoms with Crippen LogP contribution in [-0.2, 0) is 9.53 Å². The molecule has 24 heavy (non-hydrogen) atoms. The molecule has 0 radical (unpaired) electrons. The Morgan fingerprint density at radius 2 is 1.67 bits per heavy atom. The number of carbonyl (C=O) groups excluding carboxylic acids is 1. The van der Waals surface area contributed by atoms with Crippen LogP contribution < -0.4 is 10.6 Å². The second kappa shape index (κ2) is 8.62. The van der Waals surface area contributed by atoms with Crippen LogP contribution in [0.25, 0.3) is 0 Å². The van der Waals surface area contributed by atoms with Crippen molar-refractivity contribution in [3.8, 4) is 0 Å². The quantitative estimate of drug-likeness (QED) is 0.823. The summed E-state index contributed by atoms with van der Waals surface area (Å²) in [4.78, 5) is 12.4. The number of hydrogen-bond donors (Lipinski definition) is 2. The maximum Gasteiger partial charge on any atom is 0.234 e. The van der Waals surface area contributed by atoms with Crippen molar-refractivity contribution in [3.05, 3.63) is 71.8 Å². The molecular formula is C20H24N2O2. The Hall–Kier alpha value is -2.17. The molecule has 4 heteroatoms. The minimum Gasteiger partial charge on any atom is -0.377 e. The highest BCUT2D eigenvalue weighted by atomic mass is 16.5. The van der Waals surface area contributed by atoms with Crippen molar-refractivity contribution in [2.75, 3.05) is 19.7 Å². The number of amides is 1. The van der Waals surface area contributed by atoms with E-state index in [-0.39, 0.29) is 18.1 Å². The first-order valence-electron chi connectivity index (χ1n) is 8.54. The van der Waals surface area contributed by atoms with Gasteiger partial charge in [-0.05, 0) is 24.0 Å². The van der Waals surface area contributed by atoms with E-state index in [1.807, 2.05) is 60.7 Å². The third kappa shape index (κ3) is 4.66. The Labute approximate surface area is 143 Å². The van der Waals surface area contributed by atoms with Crippen LogP contribution in [0.5, 0.6) is 0 Å². The predicted octanol–water partition coefficient (Wildman–Crippen LogP) is 2.66. The topological polar surface area (TPSA) is 50.4 Å². The lowest BCUT2D eigenvalue weighted by Gasteiger charge is -2.20. The third-order valence-corrected chi connectivity index (χ3v) is 4.25. The van der Waals surface area contributed by atoms with E-state index < -0.39 is 0 Å². The summed E-state index contributed by atoms with van der Waals surface area (Å²) < 4.78 is 5.56. The summed E-state index contributed by atoms with van der Waals surface area (Å²) >= 11 is 0. The third-order valence-electron chi connectivity index (χ3n) is 4.25. The lowest BCUT2D eigenvalue weighted by atomic mass is 9.99. The van der Waals surface area contributed by atoms with Crippen LogP contribution >= 0.6 is 0 Å². The van der Waals surface area contributed by atoms with E-state index in [0.29, 0.717) is 6.54 Å². The van der Waals surface area contributed by atoms with Gasteiger partial charge < -0.3 is 15.4 Å². The Kier molecular flexibility index (Phi) is 5.99. The first-order valence-corrected chi connectivity index (χ1v) is 8.54. The molecule has 1 amide bonds. The monoisotopic (exact) mass is 324 g/mol. The van der Waals surface area contributed by atoms with Crippen molar-refractivity contribution >= 4 is 5.91 Å². The summed E-state index contributed by atoms with van der Waals surface area (Å²) in [6.45, 7) is 1.87. The largest absolute Gasteiger partial charge is 0.377 e. The second-order valence-corrected chi connectivity index (χ2v) is 6.09. The van der Waals surface area contributed by atoms with E-state index >= 15 is 0 Å². The number of hydrogen-bond acceptors (Lipinski definition) is 3. The lowest BCUT2D eigenvalue weighted by molar-refractivity contribution is -0.120. The molecule has 1 heterocycles. The average Bonchev–Trinajstić information content (AvgIpc) is 3.15. The maximum atomic E-state index is 12.4. The first kappa shape index (κ1) is 16.7.